The number of hydrogen-bond donors (Lipinski definition) is 0. The van der Waals surface area contributed by atoms with Crippen LogP contribution in [-0.2, 0) is 13.0 Å². The summed E-state index contributed by atoms with van der Waals surface area (Å²) in [7, 11) is 0. The minimum Gasteiger partial charge on any atom is -0.350 e. The maximum absolute atomic E-state index is 11.5. The predicted octanol–water partition coefficient (Wildman–Crippen LogP) is 2.25. The lowest BCUT2D eigenvalue weighted by Crippen LogP contribution is -2.13. The van der Waals surface area contributed by atoms with Crippen LogP contribution in [0.2, 0.25) is 0 Å². The van der Waals surface area contributed by atoms with E-state index in [0.717, 1.165) is 24.9 Å². The van der Waals surface area contributed by atoms with Crippen LogP contribution in [-0.4, -0.2) is 16.2 Å². The standard InChI is InChI=1S/C10H12ClNO/c11-5-7-12-6-4-8-9(12)2-1-3-10(8)13/h4,6H,1-3,5,7H2. The van der Waals surface area contributed by atoms with Gasteiger partial charge in [-0.2, -0.15) is 0 Å². The number of Topliss-reactive ketones (excluding diaryl/α,β-unsaturated/α-hetero) is 1. The summed E-state index contributed by atoms with van der Waals surface area (Å²) in [6.45, 7) is 0.810. The van der Waals surface area contributed by atoms with Crippen molar-refractivity contribution >= 4 is 17.4 Å². The molecule has 1 aliphatic rings. The van der Waals surface area contributed by atoms with Crippen molar-refractivity contribution in [3.8, 4) is 0 Å². The number of aryl methyl sites for hydroxylation is 1. The molecule has 0 bridgehead atoms. The Morgan fingerprint density at radius 2 is 2.31 bits per heavy atom. The van der Waals surface area contributed by atoms with Gasteiger partial charge in [-0.1, -0.05) is 0 Å². The smallest absolute Gasteiger partial charge is 0.164 e. The van der Waals surface area contributed by atoms with Crippen molar-refractivity contribution in [1.29, 1.82) is 0 Å². The van der Waals surface area contributed by atoms with Crippen LogP contribution >= 0.6 is 11.6 Å². The molecule has 0 radical (unpaired) electrons. The van der Waals surface area contributed by atoms with Gasteiger partial charge in [0, 0.05) is 36.3 Å². The van der Waals surface area contributed by atoms with Gasteiger partial charge < -0.3 is 4.57 Å². The van der Waals surface area contributed by atoms with Crippen LogP contribution < -0.4 is 0 Å². The molecule has 0 fully saturated rings. The summed E-state index contributed by atoms with van der Waals surface area (Å²) in [4.78, 5) is 11.5. The van der Waals surface area contributed by atoms with Gasteiger partial charge in [0.15, 0.2) is 5.78 Å². The van der Waals surface area contributed by atoms with Gasteiger partial charge in [-0.3, -0.25) is 4.79 Å². The number of ketones is 1. The molecule has 0 amide bonds. The second-order valence-electron chi connectivity index (χ2n) is 3.34. The van der Waals surface area contributed by atoms with E-state index in [1.54, 1.807) is 0 Å². The van der Waals surface area contributed by atoms with E-state index >= 15 is 0 Å². The molecule has 0 saturated carbocycles. The van der Waals surface area contributed by atoms with E-state index in [0.29, 0.717) is 12.3 Å². The summed E-state index contributed by atoms with van der Waals surface area (Å²) in [5, 5.41) is 0. The number of nitrogens with zero attached hydrogens (tertiary/aromatic N) is 1. The Balaban J connectivity index is 2.36. The molecule has 0 aromatic carbocycles. The Morgan fingerprint density at radius 3 is 3.08 bits per heavy atom. The number of hydrogen-bond acceptors (Lipinski definition) is 1. The lowest BCUT2D eigenvalue weighted by atomic mass is 9.97. The van der Waals surface area contributed by atoms with Gasteiger partial charge in [0.2, 0.25) is 0 Å². The summed E-state index contributed by atoms with van der Waals surface area (Å²) in [6, 6.07) is 1.92. The maximum Gasteiger partial charge on any atom is 0.164 e. The molecule has 3 heteroatoms. The minimum atomic E-state index is 0.287. The van der Waals surface area contributed by atoms with Crippen molar-refractivity contribution in [2.45, 2.75) is 25.8 Å². The fourth-order valence-corrected chi connectivity index (χ4v) is 2.07. The Bertz CT molecular complexity index is 330. The normalized spacial score (nSPS) is 15.9. The van der Waals surface area contributed by atoms with E-state index in [2.05, 4.69) is 4.57 Å². The monoisotopic (exact) mass is 197 g/mol. The third-order valence-corrected chi connectivity index (χ3v) is 2.69. The Kier molecular flexibility index (Phi) is 2.40. The first-order chi connectivity index (χ1) is 6.33. The highest BCUT2D eigenvalue weighted by molar-refractivity contribution is 6.17. The van der Waals surface area contributed by atoms with E-state index < -0.39 is 0 Å². The molecule has 0 aliphatic heterocycles. The first-order valence-electron chi connectivity index (χ1n) is 4.60. The summed E-state index contributed by atoms with van der Waals surface area (Å²) in [6.07, 6.45) is 4.68. The minimum absolute atomic E-state index is 0.287. The fraction of sp³-hybridized carbons (Fsp3) is 0.500. The van der Waals surface area contributed by atoms with E-state index in [1.807, 2.05) is 12.3 Å². The molecule has 1 aromatic heterocycles. The van der Waals surface area contributed by atoms with Crippen molar-refractivity contribution in [3.05, 3.63) is 23.5 Å². The molecule has 0 saturated heterocycles. The van der Waals surface area contributed by atoms with Crippen molar-refractivity contribution in [2.24, 2.45) is 0 Å². The van der Waals surface area contributed by atoms with Gasteiger partial charge in [-0.25, -0.2) is 0 Å². The number of fused-ring (bicyclic) bond motifs is 1. The summed E-state index contributed by atoms with van der Waals surface area (Å²) >= 11 is 5.67. The number of rotatable bonds is 2. The average molecular weight is 198 g/mol. The van der Waals surface area contributed by atoms with E-state index in [4.69, 9.17) is 11.6 Å². The molecule has 70 valence electrons. The second-order valence-corrected chi connectivity index (χ2v) is 3.71. The first-order valence-corrected chi connectivity index (χ1v) is 5.13. The maximum atomic E-state index is 11.5. The molecule has 2 nitrogen and oxygen atoms in total. The third kappa shape index (κ3) is 1.51. The lowest BCUT2D eigenvalue weighted by Gasteiger charge is -2.13. The zero-order valence-corrected chi connectivity index (χ0v) is 8.18. The van der Waals surface area contributed by atoms with Crippen LogP contribution in [0.25, 0.3) is 0 Å². The van der Waals surface area contributed by atoms with Gasteiger partial charge in [-0.15, -0.1) is 11.6 Å². The first kappa shape index (κ1) is 8.82. The van der Waals surface area contributed by atoms with Crippen molar-refractivity contribution in [2.75, 3.05) is 5.88 Å². The Labute approximate surface area is 82.5 Å². The largest absolute Gasteiger partial charge is 0.350 e. The highest BCUT2D eigenvalue weighted by Crippen LogP contribution is 2.22. The fourth-order valence-electron chi connectivity index (χ4n) is 1.89. The van der Waals surface area contributed by atoms with Gasteiger partial charge in [0.05, 0.1) is 0 Å². The van der Waals surface area contributed by atoms with E-state index in [-0.39, 0.29) is 5.78 Å². The molecule has 0 unspecified atom stereocenters. The van der Waals surface area contributed by atoms with Crippen LogP contribution in [0, 0.1) is 0 Å². The SMILES string of the molecule is O=C1CCCc2c1ccn2CCCl. The topological polar surface area (TPSA) is 22.0 Å². The van der Waals surface area contributed by atoms with Crippen molar-refractivity contribution in [1.82, 2.24) is 4.57 Å². The molecule has 1 aliphatic carbocycles. The summed E-state index contributed by atoms with van der Waals surface area (Å²) < 4.78 is 2.10. The van der Waals surface area contributed by atoms with E-state index in [1.165, 1.54) is 5.69 Å². The van der Waals surface area contributed by atoms with Crippen LogP contribution in [0.4, 0.5) is 0 Å². The number of carbonyl (C=O) groups excluding carboxylic acids is 1. The van der Waals surface area contributed by atoms with Gasteiger partial charge in [-0.05, 0) is 18.9 Å². The summed E-state index contributed by atoms with van der Waals surface area (Å²) in [5.74, 6) is 0.893. The quantitative estimate of drug-likeness (QED) is 0.667. The molecule has 0 atom stereocenters. The van der Waals surface area contributed by atoms with Crippen LogP contribution in [0.3, 0.4) is 0 Å². The molecule has 0 N–H and O–H groups in total. The van der Waals surface area contributed by atoms with Crippen LogP contribution in [0.5, 0.6) is 0 Å². The molecular weight excluding hydrogens is 186 g/mol. The highest BCUT2D eigenvalue weighted by Gasteiger charge is 2.19. The highest BCUT2D eigenvalue weighted by atomic mass is 35.5. The molecule has 2 rings (SSSR count). The van der Waals surface area contributed by atoms with E-state index in [9.17, 15) is 4.79 Å². The number of carbonyl (C=O) groups is 1. The van der Waals surface area contributed by atoms with Gasteiger partial charge in [0.1, 0.15) is 0 Å². The van der Waals surface area contributed by atoms with Gasteiger partial charge >= 0.3 is 0 Å². The van der Waals surface area contributed by atoms with Crippen LogP contribution in [0.15, 0.2) is 12.3 Å². The summed E-state index contributed by atoms with van der Waals surface area (Å²) in [5.41, 5.74) is 2.09. The van der Waals surface area contributed by atoms with Crippen molar-refractivity contribution in [3.63, 3.8) is 0 Å². The van der Waals surface area contributed by atoms with Crippen molar-refractivity contribution < 1.29 is 4.79 Å². The number of alkyl halides is 1. The second kappa shape index (κ2) is 3.54. The lowest BCUT2D eigenvalue weighted by molar-refractivity contribution is 0.0972. The average Bonchev–Trinajstić information content (AvgIpc) is 2.51. The van der Waals surface area contributed by atoms with Crippen LogP contribution in [0.1, 0.15) is 28.9 Å². The molecule has 0 spiro atoms. The third-order valence-electron chi connectivity index (χ3n) is 2.52. The number of halogens is 1. The molecular formula is C10H12ClNO. The number of aromatic nitrogens is 1. The Hall–Kier alpha value is -0.760. The Morgan fingerprint density at radius 1 is 1.46 bits per heavy atom. The molecule has 1 heterocycles. The molecule has 13 heavy (non-hydrogen) atoms. The zero-order valence-electron chi connectivity index (χ0n) is 7.42. The molecule has 1 aromatic rings. The van der Waals surface area contributed by atoms with Gasteiger partial charge in [0.25, 0.3) is 0 Å². The zero-order chi connectivity index (χ0) is 9.26. The predicted molar refractivity (Wildman–Crippen MR) is 52.4 cm³/mol.